The molecule has 180 valence electrons. The molecule has 0 spiro atoms. The predicted molar refractivity (Wildman–Crippen MR) is 133 cm³/mol. The van der Waals surface area contributed by atoms with E-state index in [2.05, 4.69) is 16.9 Å². The average molecular weight is 466 g/mol. The molecule has 1 saturated carbocycles. The molecule has 1 amide bonds. The van der Waals surface area contributed by atoms with E-state index in [4.69, 9.17) is 0 Å². The topological polar surface area (TPSA) is 78.8 Å². The van der Waals surface area contributed by atoms with Gasteiger partial charge in [-0.05, 0) is 74.1 Å². The third-order valence-corrected chi connectivity index (χ3v) is 6.39. The third-order valence-electron chi connectivity index (χ3n) is 6.39. The summed E-state index contributed by atoms with van der Waals surface area (Å²) in [7, 11) is 1.94. The number of halogens is 1. The SMILES string of the molecule is C=C/C(C)=C\N(C)c1cc(C)c(C2C(=O)CC(CCNC(=O)C3=NCCC=C3F)C2=O)c(C)c1. The number of rotatable bonds is 8. The summed E-state index contributed by atoms with van der Waals surface area (Å²) in [6.45, 7) is 10.1. The maximum atomic E-state index is 13.8. The van der Waals surface area contributed by atoms with Crippen molar-refractivity contribution in [3.8, 4) is 0 Å². The van der Waals surface area contributed by atoms with E-state index in [1.165, 1.54) is 6.08 Å². The van der Waals surface area contributed by atoms with Crippen molar-refractivity contribution in [2.45, 2.75) is 46.0 Å². The van der Waals surface area contributed by atoms with Crippen molar-refractivity contribution in [3.05, 3.63) is 65.2 Å². The van der Waals surface area contributed by atoms with Crippen LogP contribution >= 0.6 is 0 Å². The van der Waals surface area contributed by atoms with Gasteiger partial charge in [-0.25, -0.2) is 4.39 Å². The fourth-order valence-electron chi connectivity index (χ4n) is 4.61. The number of allylic oxidation sites excluding steroid dienone is 2. The highest BCUT2D eigenvalue weighted by atomic mass is 19.1. The van der Waals surface area contributed by atoms with E-state index in [-0.39, 0.29) is 30.2 Å². The molecular formula is C27H32FN3O3. The number of aryl methyl sites for hydroxylation is 2. The molecule has 6 nitrogen and oxygen atoms in total. The lowest BCUT2D eigenvalue weighted by atomic mass is 9.86. The number of amides is 1. The van der Waals surface area contributed by atoms with Crippen LogP contribution in [0.1, 0.15) is 48.8 Å². The van der Waals surface area contributed by atoms with Gasteiger partial charge in [0.15, 0.2) is 11.5 Å². The monoisotopic (exact) mass is 465 g/mol. The molecular weight excluding hydrogens is 433 g/mol. The number of nitrogens with one attached hydrogen (secondary N) is 1. The van der Waals surface area contributed by atoms with Gasteiger partial charge in [0.05, 0.1) is 0 Å². The van der Waals surface area contributed by atoms with Gasteiger partial charge in [-0.15, -0.1) is 0 Å². The second kappa shape index (κ2) is 10.7. The number of ketones is 2. The lowest BCUT2D eigenvalue weighted by molar-refractivity contribution is -0.125. The number of hydrogen-bond donors (Lipinski definition) is 1. The Morgan fingerprint density at radius 2 is 1.97 bits per heavy atom. The maximum Gasteiger partial charge on any atom is 0.272 e. The zero-order valence-electron chi connectivity index (χ0n) is 20.3. The van der Waals surface area contributed by atoms with Crippen LogP contribution in [0.25, 0.3) is 0 Å². The number of benzene rings is 1. The molecule has 0 radical (unpaired) electrons. The lowest BCUT2D eigenvalue weighted by Gasteiger charge is -2.21. The minimum absolute atomic E-state index is 0.0957. The number of carbonyl (C=O) groups is 3. The molecule has 1 heterocycles. The lowest BCUT2D eigenvalue weighted by Crippen LogP contribution is -2.34. The smallest absolute Gasteiger partial charge is 0.272 e. The zero-order valence-corrected chi connectivity index (χ0v) is 20.3. The van der Waals surface area contributed by atoms with E-state index in [9.17, 15) is 18.8 Å². The quantitative estimate of drug-likeness (QED) is 0.459. The maximum absolute atomic E-state index is 13.8. The van der Waals surface area contributed by atoms with Crippen molar-refractivity contribution in [1.82, 2.24) is 5.32 Å². The number of dihydropyridines is 1. The Hall–Kier alpha value is -3.35. The fraction of sp³-hybridized carbons (Fsp3) is 0.407. The van der Waals surface area contributed by atoms with E-state index in [1.807, 2.05) is 51.1 Å². The van der Waals surface area contributed by atoms with Crippen LogP contribution < -0.4 is 10.2 Å². The normalized spacial score (nSPS) is 20.7. The van der Waals surface area contributed by atoms with Gasteiger partial charge in [-0.3, -0.25) is 19.4 Å². The molecule has 1 aromatic carbocycles. The van der Waals surface area contributed by atoms with Crippen molar-refractivity contribution in [3.63, 3.8) is 0 Å². The molecule has 0 aromatic heterocycles. The highest BCUT2D eigenvalue weighted by Gasteiger charge is 2.43. The molecule has 0 saturated heterocycles. The van der Waals surface area contributed by atoms with Crippen LogP contribution in [0, 0.1) is 19.8 Å². The molecule has 2 unspecified atom stereocenters. The molecule has 1 aromatic rings. The molecule has 1 aliphatic carbocycles. The van der Waals surface area contributed by atoms with Crippen molar-refractivity contribution in [1.29, 1.82) is 0 Å². The molecule has 3 rings (SSSR count). The molecule has 1 N–H and O–H groups in total. The standard InChI is InChI=1S/C27H32FN3O3/c1-6-16(2)15-31(5)20-12-17(3)23(18(4)13-20)24-22(32)14-19(26(24)33)9-11-30-27(34)25-21(28)8-7-10-29-25/h6,8,12-13,15,19,24H,1,7,9-11,14H2,2-5H3,(H,30,34)/b16-15-. The number of hydrogen-bond acceptors (Lipinski definition) is 5. The van der Waals surface area contributed by atoms with Crippen LogP contribution in [0.15, 0.2) is 53.5 Å². The van der Waals surface area contributed by atoms with Gasteiger partial charge in [0.25, 0.3) is 5.91 Å². The van der Waals surface area contributed by atoms with Crippen LogP contribution in [-0.2, 0) is 14.4 Å². The van der Waals surface area contributed by atoms with E-state index in [0.29, 0.717) is 19.4 Å². The molecule has 34 heavy (non-hydrogen) atoms. The first-order valence-electron chi connectivity index (χ1n) is 11.5. The molecule has 1 aliphatic heterocycles. The van der Waals surface area contributed by atoms with Gasteiger partial charge < -0.3 is 10.2 Å². The van der Waals surface area contributed by atoms with Crippen molar-refractivity contribution < 1.29 is 18.8 Å². The first-order chi connectivity index (χ1) is 16.1. The summed E-state index contributed by atoms with van der Waals surface area (Å²) in [5.74, 6) is -2.67. The average Bonchev–Trinajstić information content (AvgIpc) is 3.06. The largest absolute Gasteiger partial charge is 0.351 e. The molecule has 2 atom stereocenters. The Morgan fingerprint density at radius 3 is 2.59 bits per heavy atom. The van der Waals surface area contributed by atoms with Gasteiger partial charge in [-0.2, -0.15) is 0 Å². The van der Waals surface area contributed by atoms with E-state index < -0.39 is 23.6 Å². The van der Waals surface area contributed by atoms with Gasteiger partial charge in [0.1, 0.15) is 17.5 Å². The summed E-state index contributed by atoms with van der Waals surface area (Å²) in [6.07, 6.45) is 6.04. The minimum atomic E-state index is -0.784. The number of Topliss-reactive ketones (excluding diaryl/α,β-unsaturated/α-hetero) is 2. The Balaban J connectivity index is 1.69. The number of aliphatic imine (C=N–C) groups is 1. The Kier molecular flexibility index (Phi) is 7.97. The second-order valence-electron chi connectivity index (χ2n) is 9.00. The van der Waals surface area contributed by atoms with E-state index in [0.717, 1.165) is 28.0 Å². The summed E-state index contributed by atoms with van der Waals surface area (Å²) in [5, 5.41) is 2.63. The Labute approximate surface area is 200 Å². The van der Waals surface area contributed by atoms with Crippen molar-refractivity contribution in [2.75, 3.05) is 25.0 Å². The summed E-state index contributed by atoms with van der Waals surface area (Å²) in [4.78, 5) is 44.2. The first-order valence-corrected chi connectivity index (χ1v) is 11.5. The predicted octanol–water partition coefficient (Wildman–Crippen LogP) is 4.28. The molecule has 1 fully saturated rings. The summed E-state index contributed by atoms with van der Waals surface area (Å²) in [6, 6.07) is 3.96. The molecule has 2 aliphatic rings. The third kappa shape index (κ3) is 5.41. The van der Waals surface area contributed by atoms with Crippen LogP contribution in [-0.4, -0.2) is 43.3 Å². The first kappa shape index (κ1) is 25.3. The fourth-order valence-corrected chi connectivity index (χ4v) is 4.61. The number of nitrogens with zero attached hydrogens (tertiary/aromatic N) is 2. The molecule has 0 bridgehead atoms. The van der Waals surface area contributed by atoms with Crippen LogP contribution in [0.3, 0.4) is 0 Å². The van der Waals surface area contributed by atoms with Gasteiger partial charge in [-0.1, -0.05) is 12.7 Å². The van der Waals surface area contributed by atoms with Crippen molar-refractivity contribution >= 4 is 28.9 Å². The van der Waals surface area contributed by atoms with Crippen LogP contribution in [0.5, 0.6) is 0 Å². The number of anilines is 1. The number of carbonyl (C=O) groups excluding carboxylic acids is 3. The zero-order chi connectivity index (χ0) is 25.0. The highest BCUT2D eigenvalue weighted by molar-refractivity contribution is 6.44. The summed E-state index contributed by atoms with van der Waals surface area (Å²) < 4.78 is 13.8. The minimum Gasteiger partial charge on any atom is -0.351 e. The highest BCUT2D eigenvalue weighted by Crippen LogP contribution is 2.38. The van der Waals surface area contributed by atoms with Crippen LogP contribution in [0.4, 0.5) is 10.1 Å². The summed E-state index contributed by atoms with van der Waals surface area (Å²) in [5.41, 5.74) is 4.34. The Bertz CT molecular complexity index is 1090. The van der Waals surface area contributed by atoms with Gasteiger partial charge >= 0.3 is 0 Å². The van der Waals surface area contributed by atoms with Crippen LogP contribution in [0.2, 0.25) is 0 Å². The second-order valence-corrected chi connectivity index (χ2v) is 9.00. The van der Waals surface area contributed by atoms with E-state index in [1.54, 1.807) is 6.08 Å². The van der Waals surface area contributed by atoms with Gasteiger partial charge in [0.2, 0.25) is 0 Å². The van der Waals surface area contributed by atoms with Crippen molar-refractivity contribution in [2.24, 2.45) is 10.9 Å². The Morgan fingerprint density at radius 1 is 1.29 bits per heavy atom. The molecule has 7 heteroatoms. The van der Waals surface area contributed by atoms with Gasteiger partial charge in [0, 0.05) is 44.4 Å². The summed E-state index contributed by atoms with van der Waals surface area (Å²) >= 11 is 0. The van der Waals surface area contributed by atoms with E-state index >= 15 is 0 Å².